The van der Waals surface area contributed by atoms with Gasteiger partial charge in [-0.1, -0.05) is 20.3 Å². The average molecular weight is 220 g/mol. The largest absolute Gasteiger partial charge is 0.308 e. The number of hydrogen-bond donors (Lipinski definition) is 1. The Morgan fingerprint density at radius 3 is 3.00 bits per heavy atom. The minimum atomic E-state index is -0.0930. The van der Waals surface area contributed by atoms with Crippen molar-refractivity contribution >= 4 is 11.7 Å². The molecular formula is C11H16N4O. The molecule has 16 heavy (non-hydrogen) atoms. The third-order valence-corrected chi connectivity index (χ3v) is 2.44. The molecule has 0 saturated carbocycles. The summed E-state index contributed by atoms with van der Waals surface area (Å²) < 4.78 is 1.51. The number of rotatable bonds is 4. The first kappa shape index (κ1) is 12.2. The number of carbonyl (C=O) groups excluding carboxylic acids is 1. The van der Waals surface area contributed by atoms with Gasteiger partial charge in [0.05, 0.1) is 0 Å². The standard InChI is InChI=1S/C11H16N4O/c1-4-8(2)5-10(16)13-11-9(6-12)7-15(3)14-11/h7-8H,4-5H2,1-3H3,(H,13,14,16). The van der Waals surface area contributed by atoms with Gasteiger partial charge in [0.1, 0.15) is 11.6 Å². The Hall–Kier alpha value is -1.83. The van der Waals surface area contributed by atoms with Crippen molar-refractivity contribution in [2.75, 3.05) is 5.32 Å². The van der Waals surface area contributed by atoms with Gasteiger partial charge in [-0.2, -0.15) is 10.4 Å². The Kier molecular flexibility index (Phi) is 4.06. The molecule has 0 aliphatic heterocycles. The van der Waals surface area contributed by atoms with Crippen LogP contribution in [0.1, 0.15) is 32.3 Å². The van der Waals surface area contributed by atoms with Gasteiger partial charge >= 0.3 is 0 Å². The Balaban J connectivity index is 2.66. The van der Waals surface area contributed by atoms with Gasteiger partial charge in [-0.05, 0) is 5.92 Å². The minimum Gasteiger partial charge on any atom is -0.308 e. The fourth-order valence-electron chi connectivity index (χ4n) is 1.31. The zero-order valence-corrected chi connectivity index (χ0v) is 9.82. The van der Waals surface area contributed by atoms with Gasteiger partial charge in [-0.25, -0.2) is 0 Å². The lowest BCUT2D eigenvalue weighted by Gasteiger charge is -2.07. The maximum absolute atomic E-state index is 11.6. The van der Waals surface area contributed by atoms with Crippen molar-refractivity contribution in [3.63, 3.8) is 0 Å². The van der Waals surface area contributed by atoms with Crippen molar-refractivity contribution in [3.8, 4) is 6.07 Å². The van der Waals surface area contributed by atoms with Gasteiger partial charge in [0.2, 0.25) is 5.91 Å². The summed E-state index contributed by atoms with van der Waals surface area (Å²) in [5, 5.41) is 15.5. The van der Waals surface area contributed by atoms with Gasteiger partial charge < -0.3 is 5.32 Å². The molecule has 0 aliphatic carbocycles. The molecule has 86 valence electrons. The normalized spacial score (nSPS) is 11.9. The van der Waals surface area contributed by atoms with Crippen LogP contribution in [-0.2, 0) is 11.8 Å². The minimum absolute atomic E-state index is 0.0930. The zero-order valence-electron chi connectivity index (χ0n) is 9.82. The third-order valence-electron chi connectivity index (χ3n) is 2.44. The Morgan fingerprint density at radius 1 is 1.75 bits per heavy atom. The first-order valence-corrected chi connectivity index (χ1v) is 5.30. The monoisotopic (exact) mass is 220 g/mol. The van der Waals surface area contributed by atoms with Crippen LogP contribution in [0, 0.1) is 17.2 Å². The number of aryl methyl sites for hydroxylation is 1. The van der Waals surface area contributed by atoms with E-state index in [-0.39, 0.29) is 5.91 Å². The number of amides is 1. The van der Waals surface area contributed by atoms with Crippen LogP contribution in [0.4, 0.5) is 5.82 Å². The molecule has 1 rings (SSSR count). The quantitative estimate of drug-likeness (QED) is 0.838. The zero-order chi connectivity index (χ0) is 12.1. The first-order chi connectivity index (χ1) is 7.56. The second kappa shape index (κ2) is 5.31. The lowest BCUT2D eigenvalue weighted by atomic mass is 10.1. The second-order valence-electron chi connectivity index (χ2n) is 3.94. The van der Waals surface area contributed by atoms with E-state index in [2.05, 4.69) is 10.4 Å². The number of aromatic nitrogens is 2. The molecule has 5 nitrogen and oxygen atoms in total. The number of hydrogen-bond acceptors (Lipinski definition) is 3. The molecule has 0 spiro atoms. The highest BCUT2D eigenvalue weighted by atomic mass is 16.1. The Bertz CT molecular complexity index is 416. The molecule has 0 saturated heterocycles. The second-order valence-corrected chi connectivity index (χ2v) is 3.94. The number of carbonyl (C=O) groups is 1. The summed E-state index contributed by atoms with van der Waals surface area (Å²) in [6, 6.07) is 1.99. The molecule has 1 amide bonds. The number of nitrogens with one attached hydrogen (secondary N) is 1. The van der Waals surface area contributed by atoms with E-state index in [0.29, 0.717) is 23.7 Å². The molecule has 1 N–H and O–H groups in total. The molecule has 0 fully saturated rings. The Labute approximate surface area is 95.1 Å². The summed E-state index contributed by atoms with van der Waals surface area (Å²) in [6.07, 6.45) is 3.00. The highest BCUT2D eigenvalue weighted by molar-refractivity contribution is 5.91. The van der Waals surface area contributed by atoms with E-state index >= 15 is 0 Å². The predicted octanol–water partition coefficient (Wildman–Crippen LogP) is 1.67. The van der Waals surface area contributed by atoms with Gasteiger partial charge in [0.25, 0.3) is 0 Å². The lowest BCUT2D eigenvalue weighted by molar-refractivity contribution is -0.117. The molecule has 0 radical (unpaired) electrons. The van der Waals surface area contributed by atoms with Crippen LogP contribution in [-0.4, -0.2) is 15.7 Å². The molecular weight excluding hydrogens is 204 g/mol. The van der Waals surface area contributed by atoms with Crippen LogP contribution in [0.3, 0.4) is 0 Å². The van der Waals surface area contributed by atoms with Crippen LogP contribution in [0.25, 0.3) is 0 Å². The van der Waals surface area contributed by atoms with Gasteiger partial charge in [0.15, 0.2) is 5.82 Å². The van der Waals surface area contributed by atoms with Crippen molar-refractivity contribution in [3.05, 3.63) is 11.8 Å². The van der Waals surface area contributed by atoms with Gasteiger partial charge in [0, 0.05) is 19.7 Å². The number of nitrogens with zero attached hydrogens (tertiary/aromatic N) is 3. The van der Waals surface area contributed by atoms with E-state index in [1.54, 1.807) is 13.2 Å². The van der Waals surface area contributed by atoms with E-state index in [0.717, 1.165) is 6.42 Å². The summed E-state index contributed by atoms with van der Waals surface area (Å²) in [4.78, 5) is 11.6. The van der Waals surface area contributed by atoms with Gasteiger partial charge in [-0.3, -0.25) is 9.48 Å². The summed E-state index contributed by atoms with van der Waals surface area (Å²) in [6.45, 7) is 4.06. The van der Waals surface area contributed by atoms with Crippen molar-refractivity contribution in [1.29, 1.82) is 5.26 Å². The lowest BCUT2D eigenvalue weighted by Crippen LogP contribution is -2.15. The smallest absolute Gasteiger partial charge is 0.225 e. The highest BCUT2D eigenvalue weighted by Gasteiger charge is 2.12. The molecule has 0 aromatic carbocycles. The van der Waals surface area contributed by atoms with Crippen molar-refractivity contribution in [2.45, 2.75) is 26.7 Å². The summed E-state index contributed by atoms with van der Waals surface area (Å²) >= 11 is 0. The molecule has 0 bridgehead atoms. The van der Waals surface area contributed by atoms with Crippen LogP contribution in [0.15, 0.2) is 6.20 Å². The molecule has 1 unspecified atom stereocenters. The molecule has 1 aromatic rings. The maximum atomic E-state index is 11.6. The van der Waals surface area contributed by atoms with Crippen LogP contribution in [0.5, 0.6) is 0 Å². The van der Waals surface area contributed by atoms with Crippen molar-refractivity contribution < 1.29 is 4.79 Å². The first-order valence-electron chi connectivity index (χ1n) is 5.30. The van der Waals surface area contributed by atoms with E-state index in [1.807, 2.05) is 19.9 Å². The molecule has 1 atom stereocenters. The van der Waals surface area contributed by atoms with Crippen molar-refractivity contribution in [1.82, 2.24) is 9.78 Å². The van der Waals surface area contributed by atoms with Crippen LogP contribution < -0.4 is 5.32 Å². The van der Waals surface area contributed by atoms with Crippen LogP contribution in [0.2, 0.25) is 0 Å². The number of nitriles is 1. The fraction of sp³-hybridized carbons (Fsp3) is 0.545. The summed E-state index contributed by atoms with van der Waals surface area (Å²) in [5.41, 5.74) is 0.389. The maximum Gasteiger partial charge on any atom is 0.225 e. The fourth-order valence-corrected chi connectivity index (χ4v) is 1.31. The predicted molar refractivity (Wildman–Crippen MR) is 60.6 cm³/mol. The highest BCUT2D eigenvalue weighted by Crippen LogP contribution is 2.13. The van der Waals surface area contributed by atoms with Crippen molar-refractivity contribution in [2.24, 2.45) is 13.0 Å². The molecule has 5 heteroatoms. The summed E-state index contributed by atoms with van der Waals surface area (Å²) in [5.74, 6) is 0.595. The molecule has 1 heterocycles. The van der Waals surface area contributed by atoms with E-state index in [9.17, 15) is 4.79 Å². The SMILES string of the molecule is CCC(C)CC(=O)Nc1nn(C)cc1C#N. The summed E-state index contributed by atoms with van der Waals surface area (Å²) in [7, 11) is 1.71. The van der Waals surface area contributed by atoms with E-state index < -0.39 is 0 Å². The average Bonchev–Trinajstić information content (AvgIpc) is 2.58. The number of anilines is 1. The van der Waals surface area contributed by atoms with E-state index in [4.69, 9.17) is 5.26 Å². The third kappa shape index (κ3) is 3.09. The van der Waals surface area contributed by atoms with Crippen LogP contribution >= 0.6 is 0 Å². The van der Waals surface area contributed by atoms with Gasteiger partial charge in [-0.15, -0.1) is 0 Å². The molecule has 1 aromatic heterocycles. The topological polar surface area (TPSA) is 70.7 Å². The molecule has 0 aliphatic rings. The van der Waals surface area contributed by atoms with E-state index in [1.165, 1.54) is 4.68 Å². The Morgan fingerprint density at radius 2 is 2.44 bits per heavy atom.